The van der Waals surface area contributed by atoms with Crippen molar-refractivity contribution in [3.05, 3.63) is 0 Å². The van der Waals surface area contributed by atoms with Crippen LogP contribution in [0.5, 0.6) is 0 Å². The Morgan fingerprint density at radius 2 is 1.73 bits per heavy atom. The summed E-state index contributed by atoms with van der Waals surface area (Å²) < 4.78 is 0. The molecule has 2 rings (SSSR count). The Hall–Kier alpha value is 0.250. The van der Waals surface area contributed by atoms with Crippen molar-refractivity contribution >= 4 is 11.6 Å². The fourth-order valence-corrected chi connectivity index (χ4v) is 3.06. The van der Waals surface area contributed by atoms with E-state index in [1.54, 1.807) is 0 Å². The van der Waals surface area contributed by atoms with Gasteiger partial charge in [-0.15, -0.1) is 11.6 Å². The molecule has 64 valence electrons. The van der Waals surface area contributed by atoms with Crippen molar-refractivity contribution in [2.24, 2.45) is 5.92 Å². The molecule has 0 heterocycles. The minimum Gasteiger partial charge on any atom is -0.391 e. The number of aliphatic hydroxyl groups excluding tert-OH is 1. The number of halogens is 1. The maximum Gasteiger partial charge on any atom is 0.0759 e. The highest BCUT2D eigenvalue weighted by molar-refractivity contribution is 6.24. The summed E-state index contributed by atoms with van der Waals surface area (Å²) in [4.78, 5) is -0.235. The first-order chi connectivity index (χ1) is 5.22. The van der Waals surface area contributed by atoms with E-state index >= 15 is 0 Å². The number of aliphatic hydroxyl groups is 1. The lowest BCUT2D eigenvalue weighted by Crippen LogP contribution is -2.48. The molecule has 0 aromatic carbocycles. The van der Waals surface area contributed by atoms with Gasteiger partial charge in [0.1, 0.15) is 0 Å². The van der Waals surface area contributed by atoms with Gasteiger partial charge >= 0.3 is 0 Å². The number of alkyl halides is 1. The van der Waals surface area contributed by atoms with Crippen LogP contribution < -0.4 is 0 Å². The monoisotopic (exact) mass is 174 g/mol. The normalized spacial score (nSPS) is 50.7. The molecule has 0 aromatic rings. The molecule has 0 aliphatic heterocycles. The summed E-state index contributed by atoms with van der Waals surface area (Å²) in [5.41, 5.74) is 0. The molecule has 2 bridgehead atoms. The van der Waals surface area contributed by atoms with Crippen molar-refractivity contribution < 1.29 is 5.11 Å². The number of rotatable bonds is 0. The second-order valence-corrected chi connectivity index (χ2v) is 4.78. The average molecular weight is 175 g/mol. The standard InChI is InChI=1S/C9H15ClO/c10-9-5-1-3-7(8(9)11)4-2-6-9/h7-8,11H,1-6H2. The number of hydrogen-bond donors (Lipinski definition) is 1. The lowest BCUT2D eigenvalue weighted by atomic mass is 9.69. The van der Waals surface area contributed by atoms with E-state index in [1.807, 2.05) is 0 Å². The van der Waals surface area contributed by atoms with Crippen LogP contribution in [-0.2, 0) is 0 Å². The predicted octanol–water partition coefficient (Wildman–Crippen LogP) is 2.31. The molecule has 1 unspecified atom stereocenters. The van der Waals surface area contributed by atoms with E-state index in [4.69, 9.17) is 11.6 Å². The van der Waals surface area contributed by atoms with Crippen LogP contribution in [0.2, 0.25) is 0 Å². The summed E-state index contributed by atoms with van der Waals surface area (Å²) in [5.74, 6) is 0.509. The third-order valence-electron chi connectivity index (χ3n) is 3.31. The second kappa shape index (κ2) is 2.63. The Bertz CT molecular complexity index is 148. The highest BCUT2D eigenvalue weighted by Gasteiger charge is 2.45. The molecule has 0 aromatic heterocycles. The Morgan fingerprint density at radius 3 is 2.09 bits per heavy atom. The summed E-state index contributed by atoms with van der Waals surface area (Å²) in [6.45, 7) is 0. The van der Waals surface area contributed by atoms with Gasteiger partial charge in [0.15, 0.2) is 0 Å². The van der Waals surface area contributed by atoms with Crippen molar-refractivity contribution in [1.29, 1.82) is 0 Å². The molecule has 1 nitrogen and oxygen atoms in total. The van der Waals surface area contributed by atoms with Crippen molar-refractivity contribution in [2.45, 2.75) is 49.5 Å². The molecule has 0 amide bonds. The lowest BCUT2D eigenvalue weighted by molar-refractivity contribution is 0.00164. The first-order valence-corrected chi connectivity index (χ1v) is 4.97. The molecule has 2 aliphatic carbocycles. The zero-order valence-corrected chi connectivity index (χ0v) is 7.48. The third kappa shape index (κ3) is 1.19. The predicted molar refractivity (Wildman–Crippen MR) is 45.8 cm³/mol. The lowest BCUT2D eigenvalue weighted by Gasteiger charge is -2.45. The summed E-state index contributed by atoms with van der Waals surface area (Å²) in [6.07, 6.45) is 6.63. The largest absolute Gasteiger partial charge is 0.391 e. The fourth-order valence-electron chi connectivity index (χ4n) is 2.62. The summed E-state index contributed by atoms with van der Waals surface area (Å²) in [7, 11) is 0. The third-order valence-corrected chi connectivity index (χ3v) is 3.91. The zero-order chi connectivity index (χ0) is 7.90. The van der Waals surface area contributed by atoms with Crippen LogP contribution in [0.1, 0.15) is 38.5 Å². The molecular weight excluding hydrogens is 160 g/mol. The topological polar surface area (TPSA) is 20.2 Å². The Labute approximate surface area is 72.7 Å². The van der Waals surface area contributed by atoms with Gasteiger partial charge in [0.05, 0.1) is 11.0 Å². The Kier molecular flexibility index (Phi) is 1.89. The van der Waals surface area contributed by atoms with Gasteiger partial charge in [-0.25, -0.2) is 0 Å². The molecule has 0 radical (unpaired) electrons. The van der Waals surface area contributed by atoms with E-state index in [0.29, 0.717) is 5.92 Å². The molecular formula is C9H15ClO. The van der Waals surface area contributed by atoms with E-state index in [0.717, 1.165) is 12.8 Å². The van der Waals surface area contributed by atoms with E-state index in [1.165, 1.54) is 25.7 Å². The van der Waals surface area contributed by atoms with E-state index in [9.17, 15) is 5.11 Å². The van der Waals surface area contributed by atoms with Gasteiger partial charge in [-0.3, -0.25) is 0 Å². The quantitative estimate of drug-likeness (QED) is 0.559. The van der Waals surface area contributed by atoms with Crippen LogP contribution in [0.3, 0.4) is 0 Å². The first kappa shape index (κ1) is 7.88. The maximum absolute atomic E-state index is 9.82. The van der Waals surface area contributed by atoms with Gasteiger partial charge in [0, 0.05) is 0 Å². The van der Waals surface area contributed by atoms with Gasteiger partial charge in [0.25, 0.3) is 0 Å². The van der Waals surface area contributed by atoms with Crippen LogP contribution in [0.15, 0.2) is 0 Å². The minimum absolute atomic E-state index is 0.216. The summed E-state index contributed by atoms with van der Waals surface area (Å²) in [5, 5.41) is 9.82. The number of fused-ring (bicyclic) bond motifs is 2. The smallest absolute Gasteiger partial charge is 0.0759 e. The molecule has 2 fully saturated rings. The first-order valence-electron chi connectivity index (χ1n) is 4.59. The van der Waals surface area contributed by atoms with Gasteiger partial charge in [-0.2, -0.15) is 0 Å². The van der Waals surface area contributed by atoms with Crippen molar-refractivity contribution in [3.8, 4) is 0 Å². The summed E-state index contributed by atoms with van der Waals surface area (Å²) >= 11 is 6.31. The van der Waals surface area contributed by atoms with Gasteiger partial charge < -0.3 is 5.11 Å². The second-order valence-electron chi connectivity index (χ2n) is 4.02. The fraction of sp³-hybridized carbons (Fsp3) is 1.00. The molecule has 2 heteroatoms. The van der Waals surface area contributed by atoms with Crippen LogP contribution in [0.25, 0.3) is 0 Å². The SMILES string of the molecule is OC1C2CCCC1(Cl)CCC2. The van der Waals surface area contributed by atoms with E-state index in [2.05, 4.69) is 0 Å². The van der Waals surface area contributed by atoms with Crippen molar-refractivity contribution in [1.82, 2.24) is 0 Å². The molecule has 2 aliphatic rings. The molecule has 2 saturated carbocycles. The Morgan fingerprint density at radius 1 is 1.18 bits per heavy atom. The zero-order valence-electron chi connectivity index (χ0n) is 6.72. The number of hydrogen-bond acceptors (Lipinski definition) is 1. The van der Waals surface area contributed by atoms with Crippen LogP contribution in [0, 0.1) is 5.92 Å². The highest BCUT2D eigenvalue weighted by Crippen LogP contribution is 2.46. The average Bonchev–Trinajstić information content (AvgIpc) is 1.93. The van der Waals surface area contributed by atoms with E-state index < -0.39 is 0 Å². The minimum atomic E-state index is -0.235. The molecule has 0 spiro atoms. The maximum atomic E-state index is 9.82. The van der Waals surface area contributed by atoms with Crippen LogP contribution in [0.4, 0.5) is 0 Å². The molecule has 1 atom stereocenters. The van der Waals surface area contributed by atoms with Crippen LogP contribution in [-0.4, -0.2) is 16.1 Å². The van der Waals surface area contributed by atoms with Gasteiger partial charge in [-0.05, 0) is 31.6 Å². The van der Waals surface area contributed by atoms with Crippen LogP contribution >= 0.6 is 11.6 Å². The highest BCUT2D eigenvalue weighted by atomic mass is 35.5. The molecule has 11 heavy (non-hydrogen) atoms. The van der Waals surface area contributed by atoms with E-state index in [-0.39, 0.29) is 11.0 Å². The van der Waals surface area contributed by atoms with Crippen molar-refractivity contribution in [2.75, 3.05) is 0 Å². The Balaban J connectivity index is 2.17. The van der Waals surface area contributed by atoms with Gasteiger partial charge in [0.2, 0.25) is 0 Å². The molecule has 1 N–H and O–H groups in total. The molecule has 0 saturated heterocycles. The van der Waals surface area contributed by atoms with Crippen molar-refractivity contribution in [3.63, 3.8) is 0 Å². The summed E-state index contributed by atoms with van der Waals surface area (Å²) in [6, 6.07) is 0. The van der Waals surface area contributed by atoms with Gasteiger partial charge in [-0.1, -0.05) is 12.8 Å².